The maximum atomic E-state index is 5.44. The van der Waals surface area contributed by atoms with Gasteiger partial charge in [-0.1, -0.05) is 30.6 Å². The van der Waals surface area contributed by atoms with Crippen LogP contribution >= 0.6 is 23.6 Å². The lowest BCUT2D eigenvalue weighted by atomic mass is 10.1. The van der Waals surface area contributed by atoms with E-state index >= 15 is 0 Å². The second kappa shape index (κ2) is 7.00. The Hall–Kier alpha value is -0.460. The van der Waals surface area contributed by atoms with Crippen molar-refractivity contribution in [3.8, 4) is 0 Å². The molecule has 0 bridgehead atoms. The first-order valence-corrected chi connectivity index (χ1v) is 8.75. The molecule has 1 aliphatic rings. The van der Waals surface area contributed by atoms with E-state index in [0.717, 1.165) is 15.8 Å². The third kappa shape index (κ3) is 5.14. The molecule has 0 radical (unpaired) electrons. The van der Waals surface area contributed by atoms with Gasteiger partial charge in [-0.05, 0) is 58.9 Å². The summed E-state index contributed by atoms with van der Waals surface area (Å²) in [4.78, 5) is 2.48. The Labute approximate surface area is 131 Å². The predicted octanol–water partition coefficient (Wildman–Crippen LogP) is 4.11. The number of aromatic nitrogens is 2. The summed E-state index contributed by atoms with van der Waals surface area (Å²) in [6.45, 7) is 9.59. The Morgan fingerprint density at radius 2 is 1.75 bits per heavy atom. The molecule has 1 saturated heterocycles. The summed E-state index contributed by atoms with van der Waals surface area (Å²) in [6.07, 6.45) is 6.70. The minimum Gasteiger partial charge on any atom is -0.356 e. The standard InChI is InChI=1S/C14H26N4S2/c1-14(2,3)15-12-16-18(13(19)20-12)11-17-9-7-5-4-6-8-10-17/h4-11H2,1-3H3,(H,15,16). The summed E-state index contributed by atoms with van der Waals surface area (Å²) in [7, 11) is 0. The second-order valence-electron chi connectivity index (χ2n) is 6.57. The summed E-state index contributed by atoms with van der Waals surface area (Å²) >= 11 is 7.01. The smallest absolute Gasteiger partial charge is 0.205 e. The van der Waals surface area contributed by atoms with E-state index in [1.54, 1.807) is 11.3 Å². The lowest BCUT2D eigenvalue weighted by Gasteiger charge is -2.24. The molecule has 2 heterocycles. The van der Waals surface area contributed by atoms with Crippen LogP contribution in [0.2, 0.25) is 0 Å². The van der Waals surface area contributed by atoms with Crippen LogP contribution in [0.5, 0.6) is 0 Å². The molecule has 0 saturated carbocycles. The summed E-state index contributed by atoms with van der Waals surface area (Å²) in [5.74, 6) is 0. The Morgan fingerprint density at radius 3 is 2.35 bits per heavy atom. The average Bonchev–Trinajstić information content (AvgIpc) is 2.60. The number of likely N-dealkylation sites (tertiary alicyclic amines) is 1. The van der Waals surface area contributed by atoms with Crippen LogP contribution in [0.1, 0.15) is 52.9 Å². The number of hydrogen-bond donors (Lipinski definition) is 1. The monoisotopic (exact) mass is 314 g/mol. The molecular formula is C14H26N4S2. The van der Waals surface area contributed by atoms with E-state index in [4.69, 9.17) is 12.2 Å². The first-order valence-electron chi connectivity index (χ1n) is 7.52. The van der Waals surface area contributed by atoms with Gasteiger partial charge in [0.1, 0.15) is 0 Å². The molecule has 20 heavy (non-hydrogen) atoms. The molecule has 0 aliphatic carbocycles. The zero-order chi connectivity index (χ0) is 14.6. The highest BCUT2D eigenvalue weighted by Crippen LogP contribution is 2.20. The quantitative estimate of drug-likeness (QED) is 0.851. The Balaban J connectivity index is 1.99. The molecule has 6 heteroatoms. The van der Waals surface area contributed by atoms with Crippen molar-refractivity contribution in [1.82, 2.24) is 14.7 Å². The first-order chi connectivity index (χ1) is 9.44. The van der Waals surface area contributed by atoms with Crippen LogP contribution < -0.4 is 5.32 Å². The molecule has 0 spiro atoms. The van der Waals surface area contributed by atoms with Gasteiger partial charge < -0.3 is 5.32 Å². The van der Waals surface area contributed by atoms with Gasteiger partial charge in [0.05, 0.1) is 6.67 Å². The summed E-state index contributed by atoms with van der Waals surface area (Å²) in [6, 6.07) is 0. The molecule has 114 valence electrons. The third-order valence-electron chi connectivity index (χ3n) is 3.37. The maximum absolute atomic E-state index is 5.44. The fourth-order valence-electron chi connectivity index (χ4n) is 2.41. The lowest BCUT2D eigenvalue weighted by Crippen LogP contribution is -2.30. The van der Waals surface area contributed by atoms with Crippen LogP contribution in [0.3, 0.4) is 0 Å². The van der Waals surface area contributed by atoms with E-state index in [1.165, 1.54) is 45.2 Å². The second-order valence-corrected chi connectivity index (χ2v) is 8.20. The Morgan fingerprint density at radius 1 is 1.15 bits per heavy atom. The zero-order valence-electron chi connectivity index (χ0n) is 12.8. The van der Waals surface area contributed by atoms with Crippen LogP contribution in [0.15, 0.2) is 0 Å². The molecule has 1 aromatic rings. The number of anilines is 1. The molecular weight excluding hydrogens is 288 g/mol. The van der Waals surface area contributed by atoms with E-state index < -0.39 is 0 Å². The van der Waals surface area contributed by atoms with Crippen LogP contribution in [-0.2, 0) is 6.67 Å². The van der Waals surface area contributed by atoms with Gasteiger partial charge >= 0.3 is 0 Å². The predicted molar refractivity (Wildman–Crippen MR) is 89.0 cm³/mol. The minimum absolute atomic E-state index is 0.0258. The van der Waals surface area contributed by atoms with Crippen molar-refractivity contribution >= 4 is 28.7 Å². The lowest BCUT2D eigenvalue weighted by molar-refractivity contribution is 0.189. The van der Waals surface area contributed by atoms with E-state index in [0.29, 0.717) is 0 Å². The number of nitrogens with zero attached hydrogens (tertiary/aromatic N) is 3. The Bertz CT molecular complexity index is 464. The van der Waals surface area contributed by atoms with Gasteiger partial charge in [0, 0.05) is 5.54 Å². The van der Waals surface area contributed by atoms with E-state index in [9.17, 15) is 0 Å². The molecule has 0 aromatic carbocycles. The summed E-state index contributed by atoms with van der Waals surface area (Å²) < 4.78 is 2.83. The molecule has 0 atom stereocenters. The van der Waals surface area contributed by atoms with Gasteiger partial charge in [-0.2, -0.15) is 0 Å². The molecule has 1 aliphatic heterocycles. The van der Waals surface area contributed by atoms with Gasteiger partial charge in [0.25, 0.3) is 0 Å². The normalized spacial score (nSPS) is 18.6. The van der Waals surface area contributed by atoms with E-state index in [1.807, 2.05) is 4.68 Å². The minimum atomic E-state index is 0.0258. The van der Waals surface area contributed by atoms with Gasteiger partial charge in [0.2, 0.25) is 5.13 Å². The largest absolute Gasteiger partial charge is 0.356 e. The molecule has 1 N–H and O–H groups in total. The van der Waals surface area contributed by atoms with Gasteiger partial charge in [-0.3, -0.25) is 4.90 Å². The zero-order valence-corrected chi connectivity index (χ0v) is 14.4. The van der Waals surface area contributed by atoms with Crippen molar-refractivity contribution in [3.05, 3.63) is 3.95 Å². The molecule has 1 aromatic heterocycles. The van der Waals surface area contributed by atoms with Crippen LogP contribution in [0.4, 0.5) is 5.13 Å². The third-order valence-corrected chi connectivity index (χ3v) is 4.59. The number of hydrogen-bond acceptors (Lipinski definition) is 5. The highest BCUT2D eigenvalue weighted by atomic mass is 32.1. The SMILES string of the molecule is CC(C)(C)Nc1nn(CN2CCCCCCC2)c(=S)s1. The summed E-state index contributed by atoms with van der Waals surface area (Å²) in [5, 5.41) is 8.95. The average molecular weight is 315 g/mol. The van der Waals surface area contributed by atoms with Crippen molar-refractivity contribution in [2.45, 2.75) is 65.1 Å². The van der Waals surface area contributed by atoms with Gasteiger partial charge in [-0.15, -0.1) is 5.10 Å². The van der Waals surface area contributed by atoms with Gasteiger partial charge in [-0.25, -0.2) is 4.68 Å². The fraction of sp³-hybridized carbons (Fsp3) is 0.857. The highest BCUT2D eigenvalue weighted by molar-refractivity contribution is 7.73. The maximum Gasteiger partial charge on any atom is 0.205 e. The van der Waals surface area contributed by atoms with Crippen LogP contribution in [-0.4, -0.2) is 33.3 Å². The first kappa shape index (κ1) is 15.9. The fourth-order valence-corrected chi connectivity index (χ4v) is 3.61. The molecule has 0 amide bonds. The molecule has 1 fully saturated rings. The van der Waals surface area contributed by atoms with E-state index in [-0.39, 0.29) is 5.54 Å². The molecule has 0 unspecified atom stereocenters. The summed E-state index contributed by atoms with van der Waals surface area (Å²) in [5.41, 5.74) is 0.0258. The van der Waals surface area contributed by atoms with Crippen molar-refractivity contribution in [1.29, 1.82) is 0 Å². The van der Waals surface area contributed by atoms with Crippen LogP contribution in [0.25, 0.3) is 0 Å². The number of rotatable bonds is 3. The Kier molecular flexibility index (Phi) is 5.57. The topological polar surface area (TPSA) is 33.1 Å². The van der Waals surface area contributed by atoms with Crippen molar-refractivity contribution in [3.63, 3.8) is 0 Å². The molecule has 4 nitrogen and oxygen atoms in total. The van der Waals surface area contributed by atoms with Gasteiger partial charge in [0.15, 0.2) is 3.95 Å². The van der Waals surface area contributed by atoms with E-state index in [2.05, 4.69) is 36.1 Å². The van der Waals surface area contributed by atoms with Crippen molar-refractivity contribution in [2.75, 3.05) is 18.4 Å². The highest BCUT2D eigenvalue weighted by Gasteiger charge is 2.14. The van der Waals surface area contributed by atoms with Crippen molar-refractivity contribution < 1.29 is 0 Å². The molecule has 2 rings (SSSR count). The van der Waals surface area contributed by atoms with Crippen molar-refractivity contribution in [2.24, 2.45) is 0 Å². The number of nitrogens with one attached hydrogen (secondary N) is 1. The van der Waals surface area contributed by atoms with Crippen LogP contribution in [0, 0.1) is 3.95 Å².